The second kappa shape index (κ2) is 9.50. The molecular formula is C23H26Cl2N8O2. The molecule has 0 saturated carbocycles. The van der Waals surface area contributed by atoms with E-state index in [-0.39, 0.29) is 17.9 Å². The normalized spacial score (nSPS) is 19.2. The molecule has 4 heterocycles. The van der Waals surface area contributed by atoms with Crippen molar-refractivity contribution in [1.29, 1.82) is 0 Å². The van der Waals surface area contributed by atoms with E-state index in [1.165, 1.54) is 0 Å². The van der Waals surface area contributed by atoms with Crippen LogP contribution in [0.15, 0.2) is 24.4 Å². The van der Waals surface area contributed by atoms with Crippen molar-refractivity contribution in [3.63, 3.8) is 0 Å². The van der Waals surface area contributed by atoms with Crippen molar-refractivity contribution < 1.29 is 9.59 Å². The van der Waals surface area contributed by atoms with Gasteiger partial charge in [0.05, 0.1) is 12.2 Å². The molecule has 1 aromatic carbocycles. The average Bonchev–Trinajstić information content (AvgIpc) is 3.43. The van der Waals surface area contributed by atoms with E-state index in [1.54, 1.807) is 21.7 Å². The van der Waals surface area contributed by atoms with Gasteiger partial charge in [-0.2, -0.15) is 10.1 Å². The van der Waals surface area contributed by atoms with Gasteiger partial charge in [0.15, 0.2) is 11.3 Å². The Balaban J connectivity index is 1.35. The van der Waals surface area contributed by atoms with Crippen LogP contribution in [0.3, 0.4) is 0 Å². The van der Waals surface area contributed by atoms with Gasteiger partial charge in [-0.15, -0.1) is 0 Å². The van der Waals surface area contributed by atoms with Gasteiger partial charge in [-0.05, 0) is 31.0 Å². The van der Waals surface area contributed by atoms with E-state index in [9.17, 15) is 9.59 Å². The fourth-order valence-corrected chi connectivity index (χ4v) is 5.11. The van der Waals surface area contributed by atoms with E-state index in [0.717, 1.165) is 11.1 Å². The molecule has 12 heteroatoms. The van der Waals surface area contributed by atoms with Gasteiger partial charge in [0, 0.05) is 49.7 Å². The molecule has 0 spiro atoms. The second-order valence-electron chi connectivity index (χ2n) is 8.91. The summed E-state index contributed by atoms with van der Waals surface area (Å²) in [5.41, 5.74) is 2.28. The van der Waals surface area contributed by atoms with Gasteiger partial charge < -0.3 is 20.4 Å². The van der Waals surface area contributed by atoms with Crippen molar-refractivity contribution in [2.45, 2.75) is 31.8 Å². The highest BCUT2D eigenvalue weighted by atomic mass is 35.5. The van der Waals surface area contributed by atoms with E-state index in [0.29, 0.717) is 66.3 Å². The van der Waals surface area contributed by atoms with Crippen LogP contribution in [0.2, 0.25) is 10.0 Å². The molecule has 0 unspecified atom stereocenters. The Hall–Kier alpha value is -3.11. The van der Waals surface area contributed by atoms with E-state index >= 15 is 0 Å². The molecule has 0 bridgehead atoms. The standard InChI is InChI=1S/C23H26Cl2N8O2/c1-13(15-4-3-14(24)11-16(15)25)26-21-20-18(12-31(2)30-20)28-23(29-21)33-9-7-32(8-10-33)22(35)17-5-6-19(34)27-17/h3-4,11-13,17H,5-10H2,1-2H3,(H,27,34)(H,26,28,29)/t13-,17-/m1/s1. The number of fused-ring (bicyclic) bond motifs is 1. The Labute approximate surface area is 212 Å². The number of hydrogen-bond acceptors (Lipinski definition) is 7. The van der Waals surface area contributed by atoms with Crippen LogP contribution in [-0.4, -0.2) is 68.7 Å². The highest BCUT2D eigenvalue weighted by Gasteiger charge is 2.33. The highest BCUT2D eigenvalue weighted by molar-refractivity contribution is 6.35. The lowest BCUT2D eigenvalue weighted by Crippen LogP contribution is -2.53. The Morgan fingerprint density at radius 2 is 1.97 bits per heavy atom. The number of hydrogen-bond donors (Lipinski definition) is 2. The smallest absolute Gasteiger partial charge is 0.245 e. The fraction of sp³-hybridized carbons (Fsp3) is 0.435. The minimum absolute atomic E-state index is 0.0184. The summed E-state index contributed by atoms with van der Waals surface area (Å²) in [6.45, 7) is 4.27. The number of aromatic nitrogens is 4. The van der Waals surface area contributed by atoms with Crippen molar-refractivity contribution in [3.8, 4) is 0 Å². The molecule has 0 radical (unpaired) electrons. The lowest BCUT2D eigenvalue weighted by atomic mass is 10.1. The summed E-state index contributed by atoms with van der Waals surface area (Å²) in [5.74, 6) is 1.10. The van der Waals surface area contributed by atoms with Gasteiger partial charge >= 0.3 is 0 Å². The van der Waals surface area contributed by atoms with Crippen LogP contribution in [0.4, 0.5) is 11.8 Å². The number of aryl methyl sites for hydroxylation is 1. The minimum Gasteiger partial charge on any atom is -0.361 e. The number of rotatable bonds is 5. The number of anilines is 2. The maximum absolute atomic E-state index is 12.7. The summed E-state index contributed by atoms with van der Waals surface area (Å²) in [5, 5.41) is 11.9. The fourth-order valence-electron chi connectivity index (χ4n) is 4.54. The van der Waals surface area contributed by atoms with Crippen molar-refractivity contribution >= 4 is 57.8 Å². The lowest BCUT2D eigenvalue weighted by molar-refractivity contribution is -0.134. The van der Waals surface area contributed by atoms with Gasteiger partial charge in [0.1, 0.15) is 11.6 Å². The summed E-state index contributed by atoms with van der Waals surface area (Å²) in [6, 6.07) is 4.86. The molecule has 0 aliphatic carbocycles. The topological polar surface area (TPSA) is 108 Å². The van der Waals surface area contributed by atoms with Gasteiger partial charge in [-0.25, -0.2) is 4.98 Å². The second-order valence-corrected chi connectivity index (χ2v) is 9.76. The molecule has 2 fully saturated rings. The first kappa shape index (κ1) is 23.6. The number of carbonyl (C=O) groups is 2. The first-order valence-electron chi connectivity index (χ1n) is 11.5. The lowest BCUT2D eigenvalue weighted by Gasteiger charge is -2.36. The van der Waals surface area contributed by atoms with Gasteiger partial charge in [-0.3, -0.25) is 14.3 Å². The molecule has 2 atom stereocenters. The molecule has 2 amide bonds. The number of halogens is 2. The van der Waals surface area contributed by atoms with Crippen LogP contribution in [-0.2, 0) is 16.6 Å². The number of amides is 2. The Morgan fingerprint density at radius 3 is 2.66 bits per heavy atom. The predicted octanol–water partition coefficient (Wildman–Crippen LogP) is 2.77. The van der Waals surface area contributed by atoms with Gasteiger partial charge in [0.2, 0.25) is 17.8 Å². The van der Waals surface area contributed by atoms with E-state index in [4.69, 9.17) is 33.2 Å². The third-order valence-electron chi connectivity index (χ3n) is 6.42. The van der Waals surface area contributed by atoms with Crippen LogP contribution in [0, 0.1) is 0 Å². The highest BCUT2D eigenvalue weighted by Crippen LogP contribution is 2.31. The molecule has 35 heavy (non-hydrogen) atoms. The van der Waals surface area contributed by atoms with E-state index in [2.05, 4.69) is 20.6 Å². The van der Waals surface area contributed by atoms with Crippen molar-refractivity contribution in [2.75, 3.05) is 36.4 Å². The Morgan fingerprint density at radius 1 is 1.20 bits per heavy atom. The molecule has 2 aliphatic heterocycles. The first-order chi connectivity index (χ1) is 16.8. The molecule has 10 nitrogen and oxygen atoms in total. The zero-order valence-electron chi connectivity index (χ0n) is 19.5. The third-order valence-corrected chi connectivity index (χ3v) is 6.98. The summed E-state index contributed by atoms with van der Waals surface area (Å²) < 4.78 is 1.71. The summed E-state index contributed by atoms with van der Waals surface area (Å²) in [7, 11) is 1.84. The molecule has 3 aromatic rings. The van der Waals surface area contributed by atoms with Crippen molar-refractivity contribution in [2.24, 2.45) is 7.05 Å². The number of nitrogens with zero attached hydrogens (tertiary/aromatic N) is 6. The van der Waals surface area contributed by atoms with Crippen LogP contribution in [0.5, 0.6) is 0 Å². The third kappa shape index (κ3) is 4.85. The van der Waals surface area contributed by atoms with Crippen LogP contribution >= 0.6 is 23.2 Å². The zero-order chi connectivity index (χ0) is 24.7. The number of piperazine rings is 1. The van der Waals surface area contributed by atoms with E-state index < -0.39 is 6.04 Å². The molecule has 2 aromatic heterocycles. The Kier molecular flexibility index (Phi) is 6.41. The first-order valence-corrected chi connectivity index (χ1v) is 12.3. The average molecular weight is 517 g/mol. The molecule has 2 N–H and O–H groups in total. The van der Waals surface area contributed by atoms with Crippen molar-refractivity contribution in [3.05, 3.63) is 40.0 Å². The maximum Gasteiger partial charge on any atom is 0.245 e. The number of nitrogens with one attached hydrogen (secondary N) is 2. The molecule has 5 rings (SSSR count). The SMILES string of the molecule is C[C@@H](Nc1nc(N2CCN(C(=O)[C@H]3CCC(=O)N3)CC2)nc2cn(C)nc12)c1ccc(Cl)cc1Cl. The van der Waals surface area contributed by atoms with Gasteiger partial charge in [-0.1, -0.05) is 29.3 Å². The van der Waals surface area contributed by atoms with Crippen LogP contribution in [0.25, 0.3) is 11.0 Å². The number of carbonyl (C=O) groups excluding carboxylic acids is 2. The summed E-state index contributed by atoms with van der Waals surface area (Å²) in [4.78, 5) is 37.6. The minimum atomic E-state index is -0.408. The summed E-state index contributed by atoms with van der Waals surface area (Å²) >= 11 is 12.5. The molecule has 2 aliphatic rings. The van der Waals surface area contributed by atoms with E-state index in [1.807, 2.05) is 26.2 Å². The molecule has 2 saturated heterocycles. The van der Waals surface area contributed by atoms with Crippen LogP contribution < -0.4 is 15.5 Å². The molecular weight excluding hydrogens is 491 g/mol. The van der Waals surface area contributed by atoms with Gasteiger partial charge in [0.25, 0.3) is 0 Å². The zero-order valence-corrected chi connectivity index (χ0v) is 21.0. The monoisotopic (exact) mass is 516 g/mol. The number of benzene rings is 1. The van der Waals surface area contributed by atoms with Crippen molar-refractivity contribution in [1.82, 2.24) is 30.0 Å². The molecule has 184 valence electrons. The largest absolute Gasteiger partial charge is 0.361 e. The Bertz CT molecular complexity index is 1290. The maximum atomic E-state index is 12.7. The summed E-state index contributed by atoms with van der Waals surface area (Å²) in [6.07, 6.45) is 2.82. The van der Waals surface area contributed by atoms with Crippen LogP contribution in [0.1, 0.15) is 31.4 Å². The quantitative estimate of drug-likeness (QED) is 0.536. The predicted molar refractivity (Wildman–Crippen MR) is 135 cm³/mol.